The summed E-state index contributed by atoms with van der Waals surface area (Å²) in [6.07, 6.45) is 0. The van der Waals surface area contributed by atoms with Crippen LogP contribution in [-0.2, 0) is 47.0 Å². The number of nitrogens with zero attached hydrogens (tertiary/aromatic N) is 4. The number of aromatic hydroxyl groups is 1. The van der Waals surface area contributed by atoms with Crippen LogP contribution in [0.5, 0.6) is 5.75 Å². The summed E-state index contributed by atoms with van der Waals surface area (Å²) in [4.78, 5) is -3.82. The highest BCUT2D eigenvalue weighted by Gasteiger charge is 2.29. The van der Waals surface area contributed by atoms with Crippen LogP contribution in [0.3, 0.4) is 0 Å². The Morgan fingerprint density at radius 1 is 0.627 bits per heavy atom. The van der Waals surface area contributed by atoms with Gasteiger partial charge in [-0.05, 0) is 59.2 Å². The molecule has 23 heteroatoms. The second kappa shape index (κ2) is 13.0. The predicted molar refractivity (Wildman–Crippen MR) is 181 cm³/mol. The zero-order chi connectivity index (χ0) is 37.8. The zero-order valence-corrected chi connectivity index (χ0v) is 28.8. The van der Waals surface area contributed by atoms with Crippen LogP contribution in [0, 0.1) is 6.92 Å². The van der Waals surface area contributed by atoms with Gasteiger partial charge in [0.05, 0.1) is 11.1 Å². The Hall–Kier alpha value is -4.98. The first-order valence-corrected chi connectivity index (χ1v) is 19.5. The lowest BCUT2D eigenvalue weighted by Gasteiger charge is -2.14. The van der Waals surface area contributed by atoms with E-state index in [1.165, 1.54) is 31.2 Å². The van der Waals surface area contributed by atoms with Crippen LogP contribution in [0.4, 0.5) is 28.4 Å². The van der Waals surface area contributed by atoms with Crippen molar-refractivity contribution in [2.24, 2.45) is 26.2 Å². The molecule has 0 aromatic heterocycles. The number of hydrogen-bond donors (Lipinski definition) is 7. The fraction of sp³-hybridized carbons (Fsp3) is 0.0714. The minimum Gasteiger partial charge on any atom is -0.505 e. The average molecular weight is 781 g/mol. The molecule has 0 heterocycles. The van der Waals surface area contributed by atoms with Gasteiger partial charge in [-0.25, -0.2) is 0 Å². The van der Waals surface area contributed by atoms with Gasteiger partial charge in [0.15, 0.2) is 5.75 Å². The van der Waals surface area contributed by atoms with E-state index in [1.54, 1.807) is 6.07 Å². The number of fused-ring (bicyclic) bond motifs is 2. The molecular formula is C28H24N6O13S4. The number of phenols is 1. The highest BCUT2D eigenvalue weighted by atomic mass is 32.2. The van der Waals surface area contributed by atoms with Gasteiger partial charge >= 0.3 is 0 Å². The first kappa shape index (κ1) is 37.3. The van der Waals surface area contributed by atoms with Gasteiger partial charge in [0.2, 0.25) is 0 Å². The maximum atomic E-state index is 12.5. The molecular weight excluding hydrogens is 757 g/mol. The molecule has 0 bridgehead atoms. The fourth-order valence-corrected chi connectivity index (χ4v) is 7.97. The third-order valence-corrected chi connectivity index (χ3v) is 11.0. The molecule has 0 unspecified atom stereocenters. The van der Waals surface area contributed by atoms with Gasteiger partial charge in [0, 0.05) is 11.9 Å². The lowest BCUT2D eigenvalue weighted by Crippen LogP contribution is -2.04. The first-order valence-electron chi connectivity index (χ1n) is 13.7. The van der Waals surface area contributed by atoms with Gasteiger partial charge in [-0.2, -0.15) is 33.7 Å². The van der Waals surface area contributed by atoms with Gasteiger partial charge in [0.25, 0.3) is 40.5 Å². The number of nitrogens with two attached hydrogens (primary N) is 2. The van der Waals surface area contributed by atoms with Crippen LogP contribution < -0.4 is 11.5 Å². The third kappa shape index (κ3) is 7.27. The molecule has 0 spiro atoms. The van der Waals surface area contributed by atoms with Crippen molar-refractivity contribution in [2.75, 3.05) is 5.73 Å². The van der Waals surface area contributed by atoms with E-state index in [0.717, 1.165) is 18.2 Å². The van der Waals surface area contributed by atoms with Crippen LogP contribution in [0.25, 0.3) is 21.5 Å². The SMILES string of the molecule is Cc1cc(S(=O)(=O)O)c(N=Nc2c(S(=O)(=O)O)cc3cc(S(=O)(=O)O)c(N=Nc4ccc5ccccc5c4S(=O)(=O)O)c(N)c3c2O)cc1CN. The molecule has 5 rings (SSSR count). The van der Waals surface area contributed by atoms with E-state index in [9.17, 15) is 57.0 Å². The molecule has 9 N–H and O–H groups in total. The largest absolute Gasteiger partial charge is 0.505 e. The maximum absolute atomic E-state index is 12.5. The van der Waals surface area contributed by atoms with Gasteiger partial charge in [0.1, 0.15) is 42.3 Å². The number of benzene rings is 5. The number of anilines is 1. The van der Waals surface area contributed by atoms with E-state index in [-0.39, 0.29) is 11.9 Å². The average Bonchev–Trinajstić information content (AvgIpc) is 3.01. The predicted octanol–water partition coefficient (Wildman–Crippen LogP) is 4.87. The topological polar surface area (TPSA) is 339 Å². The Morgan fingerprint density at radius 3 is 1.75 bits per heavy atom. The molecule has 0 amide bonds. The fourth-order valence-electron chi connectivity index (χ4n) is 5.11. The Labute approximate surface area is 289 Å². The van der Waals surface area contributed by atoms with Crippen molar-refractivity contribution in [1.82, 2.24) is 0 Å². The zero-order valence-electron chi connectivity index (χ0n) is 25.6. The van der Waals surface area contributed by atoms with Crippen molar-refractivity contribution in [3.63, 3.8) is 0 Å². The molecule has 5 aromatic carbocycles. The number of rotatable bonds is 9. The van der Waals surface area contributed by atoms with Crippen molar-refractivity contribution in [1.29, 1.82) is 0 Å². The van der Waals surface area contributed by atoms with Crippen LogP contribution in [0.1, 0.15) is 11.1 Å². The lowest BCUT2D eigenvalue weighted by molar-refractivity contribution is 0.472. The number of hydrogen-bond acceptors (Lipinski definition) is 15. The smallest absolute Gasteiger partial charge is 0.297 e. The van der Waals surface area contributed by atoms with Gasteiger partial charge in [-0.1, -0.05) is 30.3 Å². The number of azo groups is 2. The standard InChI is InChI=1S/C28H24N6O13S4/c1-13-8-20(48(36,37)38)19(9-16(13)12-29)32-34-26-22(50(42,43)44)11-15-10-21(49(39,40)41)25(24(30)23(15)27(26)35)33-31-18-7-6-14-4-2-3-5-17(14)28(18)51(45,46)47/h2-11,35H,12,29-30H2,1H3,(H,36,37,38)(H,39,40,41)(H,42,43,44)(H,45,46,47). The summed E-state index contributed by atoms with van der Waals surface area (Å²) >= 11 is 0. The quantitative estimate of drug-likeness (QED) is 0.0596. The van der Waals surface area contributed by atoms with Gasteiger partial charge in [-0.3, -0.25) is 18.2 Å². The molecule has 0 radical (unpaired) electrons. The van der Waals surface area contributed by atoms with E-state index in [4.69, 9.17) is 11.5 Å². The van der Waals surface area contributed by atoms with E-state index in [2.05, 4.69) is 20.5 Å². The summed E-state index contributed by atoms with van der Waals surface area (Å²) in [5.74, 6) is -1.19. The second-order valence-corrected chi connectivity index (χ2v) is 16.2. The minimum atomic E-state index is -5.34. The second-order valence-electron chi connectivity index (χ2n) is 10.7. The number of aryl methyl sites for hydroxylation is 1. The third-order valence-electron chi connectivity index (χ3n) is 7.42. The normalized spacial score (nSPS) is 13.2. The molecule has 5 aromatic rings. The molecule has 0 fully saturated rings. The Bertz CT molecular complexity index is 2820. The van der Waals surface area contributed by atoms with Gasteiger partial charge < -0.3 is 16.6 Å². The Morgan fingerprint density at radius 2 is 1.18 bits per heavy atom. The first-order chi connectivity index (χ1) is 23.5. The molecule has 0 saturated carbocycles. The molecule has 0 aliphatic heterocycles. The van der Waals surface area contributed by atoms with Crippen LogP contribution in [0.15, 0.2) is 101 Å². The molecule has 0 aliphatic rings. The lowest BCUT2D eigenvalue weighted by atomic mass is 10.1. The number of nitrogen functional groups attached to an aromatic ring is 1. The molecule has 268 valence electrons. The summed E-state index contributed by atoms with van der Waals surface area (Å²) in [6.45, 7) is 1.35. The van der Waals surface area contributed by atoms with E-state index < -0.39 is 105 Å². The molecule has 19 nitrogen and oxygen atoms in total. The van der Waals surface area contributed by atoms with Crippen molar-refractivity contribution in [3.8, 4) is 5.75 Å². The Kier molecular flexibility index (Phi) is 9.48. The minimum absolute atomic E-state index is 0.00708. The summed E-state index contributed by atoms with van der Waals surface area (Å²) in [7, 11) is -20.6. The van der Waals surface area contributed by atoms with Crippen LogP contribution in [-0.4, -0.2) is 57.0 Å². The molecule has 0 saturated heterocycles. The highest BCUT2D eigenvalue weighted by Crippen LogP contribution is 2.49. The van der Waals surface area contributed by atoms with Crippen molar-refractivity contribution >= 4 is 90.5 Å². The summed E-state index contributed by atoms with van der Waals surface area (Å²) in [6, 6.07) is 11.8. The molecule has 0 atom stereocenters. The number of phenolic OH excluding ortho intramolecular Hbond substituents is 1. The van der Waals surface area contributed by atoms with Gasteiger partial charge in [-0.15, -0.1) is 20.5 Å². The van der Waals surface area contributed by atoms with Crippen LogP contribution >= 0.6 is 0 Å². The summed E-state index contributed by atoms with van der Waals surface area (Å²) in [5.41, 5.74) is 8.67. The Balaban J connectivity index is 1.83. The van der Waals surface area contributed by atoms with Crippen LogP contribution in [0.2, 0.25) is 0 Å². The van der Waals surface area contributed by atoms with E-state index in [0.29, 0.717) is 28.6 Å². The van der Waals surface area contributed by atoms with Crippen molar-refractivity contribution in [2.45, 2.75) is 33.1 Å². The van der Waals surface area contributed by atoms with Crippen molar-refractivity contribution in [3.05, 3.63) is 71.8 Å². The summed E-state index contributed by atoms with van der Waals surface area (Å²) < 4.78 is 138. The maximum Gasteiger partial charge on any atom is 0.297 e. The molecule has 51 heavy (non-hydrogen) atoms. The van der Waals surface area contributed by atoms with Crippen molar-refractivity contribution < 1.29 is 57.0 Å². The molecule has 0 aliphatic carbocycles. The highest BCUT2D eigenvalue weighted by molar-refractivity contribution is 7.86. The van der Waals surface area contributed by atoms with E-state index >= 15 is 0 Å². The van der Waals surface area contributed by atoms with E-state index in [1.807, 2.05) is 0 Å². The monoisotopic (exact) mass is 780 g/mol. The summed E-state index contributed by atoms with van der Waals surface area (Å²) in [5, 5.41) is 25.3.